The minimum absolute atomic E-state index is 0.110. The Kier molecular flexibility index (Phi) is 4.39. The lowest BCUT2D eigenvalue weighted by atomic mass is 10.4. The molecule has 0 spiro atoms. The molecule has 3 heterocycles. The van der Waals surface area contributed by atoms with Crippen molar-refractivity contribution in [2.45, 2.75) is 0 Å². The molecule has 0 aliphatic carbocycles. The number of carbonyl (C=O) groups is 2. The SMILES string of the molecule is O=C(CNC(=O)c1cccs1)Nc1ccc(-n2cncn2)nc1. The number of carbonyl (C=O) groups excluding carboxylic acids is 2. The van der Waals surface area contributed by atoms with E-state index in [-0.39, 0.29) is 18.4 Å². The van der Waals surface area contributed by atoms with Gasteiger partial charge in [0.1, 0.15) is 12.7 Å². The molecule has 0 unspecified atom stereocenters. The van der Waals surface area contributed by atoms with Crippen molar-refractivity contribution in [2.75, 3.05) is 11.9 Å². The molecule has 0 aliphatic heterocycles. The van der Waals surface area contributed by atoms with Crippen molar-refractivity contribution < 1.29 is 9.59 Å². The van der Waals surface area contributed by atoms with Gasteiger partial charge in [-0.1, -0.05) is 6.07 Å². The molecule has 0 aliphatic rings. The summed E-state index contributed by atoms with van der Waals surface area (Å²) in [5.41, 5.74) is 0.532. The average Bonchev–Trinajstić information content (AvgIpc) is 3.26. The van der Waals surface area contributed by atoms with Crippen LogP contribution in [0.25, 0.3) is 5.82 Å². The second-order valence-corrected chi connectivity index (χ2v) is 5.40. The molecule has 0 radical (unpaired) electrons. The number of amides is 2. The summed E-state index contributed by atoms with van der Waals surface area (Å²) in [5, 5.41) is 11.0. The fourth-order valence-corrected chi connectivity index (χ4v) is 2.42. The summed E-state index contributed by atoms with van der Waals surface area (Å²) in [6.07, 6.45) is 4.45. The Hall–Kier alpha value is -3.07. The van der Waals surface area contributed by atoms with E-state index in [0.29, 0.717) is 16.4 Å². The van der Waals surface area contributed by atoms with E-state index in [2.05, 4.69) is 25.7 Å². The fourth-order valence-electron chi connectivity index (χ4n) is 1.78. The molecule has 9 heteroatoms. The number of thiophene rings is 1. The minimum atomic E-state index is -0.329. The molecule has 3 rings (SSSR count). The molecule has 23 heavy (non-hydrogen) atoms. The van der Waals surface area contributed by atoms with Crippen LogP contribution in [0.5, 0.6) is 0 Å². The Bertz CT molecular complexity index is 783. The third-order valence-corrected chi connectivity index (χ3v) is 3.71. The minimum Gasteiger partial charge on any atom is -0.342 e. The second-order valence-electron chi connectivity index (χ2n) is 4.45. The molecule has 2 N–H and O–H groups in total. The Balaban J connectivity index is 1.53. The van der Waals surface area contributed by atoms with E-state index < -0.39 is 0 Å². The molecule has 2 amide bonds. The first-order chi connectivity index (χ1) is 11.2. The molecule has 0 atom stereocenters. The predicted octanol–water partition coefficient (Wildman–Crippen LogP) is 1.09. The van der Waals surface area contributed by atoms with Crippen molar-refractivity contribution in [1.29, 1.82) is 0 Å². The standard InChI is InChI=1S/C14H12N6O2S/c21-13(7-17-14(22)11-2-1-5-23-11)19-10-3-4-12(16-6-10)20-9-15-8-18-20/h1-6,8-9H,7H2,(H,17,22)(H,19,21). The number of nitrogens with zero attached hydrogens (tertiary/aromatic N) is 4. The molecular weight excluding hydrogens is 316 g/mol. The first kappa shape index (κ1) is 14.9. The van der Waals surface area contributed by atoms with Crippen molar-refractivity contribution >= 4 is 28.8 Å². The predicted molar refractivity (Wildman–Crippen MR) is 84.4 cm³/mol. The van der Waals surface area contributed by atoms with Crippen LogP contribution in [0.1, 0.15) is 9.67 Å². The van der Waals surface area contributed by atoms with Crippen LogP contribution in [0.15, 0.2) is 48.5 Å². The lowest BCUT2D eigenvalue weighted by Gasteiger charge is -2.06. The lowest BCUT2D eigenvalue weighted by Crippen LogP contribution is -2.32. The monoisotopic (exact) mass is 328 g/mol. The van der Waals surface area contributed by atoms with Crippen molar-refractivity contribution in [3.05, 3.63) is 53.4 Å². The average molecular weight is 328 g/mol. The van der Waals surface area contributed by atoms with Crippen LogP contribution in [0.2, 0.25) is 0 Å². The van der Waals surface area contributed by atoms with Crippen molar-refractivity contribution in [3.63, 3.8) is 0 Å². The molecule has 0 saturated heterocycles. The maximum Gasteiger partial charge on any atom is 0.261 e. The van der Waals surface area contributed by atoms with Gasteiger partial charge in [-0.15, -0.1) is 11.3 Å². The molecule has 116 valence electrons. The maximum absolute atomic E-state index is 11.8. The van der Waals surface area contributed by atoms with Crippen LogP contribution in [-0.2, 0) is 4.79 Å². The zero-order valence-electron chi connectivity index (χ0n) is 11.8. The molecule has 0 fully saturated rings. The molecule has 0 bridgehead atoms. The number of rotatable bonds is 5. The van der Waals surface area contributed by atoms with E-state index in [9.17, 15) is 9.59 Å². The third-order valence-electron chi connectivity index (χ3n) is 2.84. The summed E-state index contributed by atoms with van der Waals surface area (Å²) in [7, 11) is 0. The molecule has 0 aromatic carbocycles. The Labute approximate surface area is 135 Å². The number of hydrogen-bond acceptors (Lipinski definition) is 6. The normalized spacial score (nSPS) is 10.3. The van der Waals surface area contributed by atoms with Crippen LogP contribution in [0.4, 0.5) is 5.69 Å². The molecule has 0 saturated carbocycles. The van der Waals surface area contributed by atoms with Gasteiger partial charge in [-0.3, -0.25) is 9.59 Å². The highest BCUT2D eigenvalue weighted by Gasteiger charge is 2.09. The second kappa shape index (κ2) is 6.79. The van der Waals surface area contributed by atoms with Crippen LogP contribution in [0, 0.1) is 0 Å². The van der Waals surface area contributed by atoms with Gasteiger partial charge >= 0.3 is 0 Å². The van der Waals surface area contributed by atoms with Crippen molar-refractivity contribution in [3.8, 4) is 5.82 Å². The zero-order valence-corrected chi connectivity index (χ0v) is 12.7. The van der Waals surface area contributed by atoms with Gasteiger partial charge < -0.3 is 10.6 Å². The summed E-state index contributed by atoms with van der Waals surface area (Å²) < 4.78 is 1.51. The number of pyridine rings is 1. The van der Waals surface area contributed by atoms with Gasteiger partial charge in [0.15, 0.2) is 5.82 Å². The van der Waals surface area contributed by atoms with Crippen molar-refractivity contribution in [2.24, 2.45) is 0 Å². The highest BCUT2D eigenvalue weighted by atomic mass is 32.1. The fraction of sp³-hybridized carbons (Fsp3) is 0.0714. The van der Waals surface area contributed by atoms with E-state index in [1.165, 1.54) is 34.9 Å². The number of hydrogen-bond donors (Lipinski definition) is 2. The number of nitrogens with one attached hydrogen (secondary N) is 2. The summed E-state index contributed by atoms with van der Waals surface area (Å²) in [6.45, 7) is -0.110. The molecule has 3 aromatic heterocycles. The summed E-state index contributed by atoms with van der Waals surface area (Å²) in [5.74, 6) is -0.00786. The number of anilines is 1. The van der Waals surface area contributed by atoms with Gasteiger partial charge in [-0.2, -0.15) is 5.10 Å². The van der Waals surface area contributed by atoms with E-state index in [1.54, 1.807) is 29.6 Å². The Morgan fingerprint density at radius 1 is 1.26 bits per heavy atom. The summed E-state index contributed by atoms with van der Waals surface area (Å²) in [4.78, 5) is 32.1. The first-order valence-corrected chi connectivity index (χ1v) is 7.53. The van der Waals surface area contributed by atoms with Gasteiger partial charge in [-0.25, -0.2) is 14.6 Å². The van der Waals surface area contributed by atoms with Gasteiger partial charge in [0, 0.05) is 0 Å². The first-order valence-electron chi connectivity index (χ1n) is 6.65. The maximum atomic E-state index is 11.8. The summed E-state index contributed by atoms with van der Waals surface area (Å²) >= 11 is 1.32. The summed E-state index contributed by atoms with van der Waals surface area (Å²) in [6, 6.07) is 6.88. The van der Waals surface area contributed by atoms with Crippen molar-refractivity contribution in [1.82, 2.24) is 25.1 Å². The highest BCUT2D eigenvalue weighted by Crippen LogP contribution is 2.09. The quantitative estimate of drug-likeness (QED) is 0.730. The smallest absolute Gasteiger partial charge is 0.261 e. The third kappa shape index (κ3) is 3.77. The molecule has 8 nitrogen and oxygen atoms in total. The Morgan fingerprint density at radius 2 is 2.17 bits per heavy atom. The van der Waals surface area contributed by atoms with E-state index in [0.717, 1.165) is 0 Å². The highest BCUT2D eigenvalue weighted by molar-refractivity contribution is 7.12. The van der Waals surface area contributed by atoms with E-state index >= 15 is 0 Å². The molecule has 3 aromatic rings. The van der Waals surface area contributed by atoms with Crippen LogP contribution < -0.4 is 10.6 Å². The van der Waals surface area contributed by atoms with Gasteiger partial charge in [-0.05, 0) is 23.6 Å². The molecular formula is C14H12N6O2S. The van der Waals surface area contributed by atoms with Crippen LogP contribution in [-0.4, -0.2) is 38.1 Å². The van der Waals surface area contributed by atoms with Gasteiger partial charge in [0.25, 0.3) is 5.91 Å². The van der Waals surface area contributed by atoms with E-state index in [1.807, 2.05) is 0 Å². The van der Waals surface area contributed by atoms with Gasteiger partial charge in [0.2, 0.25) is 5.91 Å². The zero-order chi connectivity index (χ0) is 16.1. The van der Waals surface area contributed by atoms with Gasteiger partial charge in [0.05, 0.1) is 23.3 Å². The lowest BCUT2D eigenvalue weighted by molar-refractivity contribution is -0.115. The topological polar surface area (TPSA) is 102 Å². The number of aromatic nitrogens is 4. The van der Waals surface area contributed by atoms with E-state index in [4.69, 9.17) is 0 Å². The van der Waals surface area contributed by atoms with Crippen LogP contribution >= 0.6 is 11.3 Å². The Morgan fingerprint density at radius 3 is 2.83 bits per heavy atom. The van der Waals surface area contributed by atoms with Crippen LogP contribution in [0.3, 0.4) is 0 Å². The largest absolute Gasteiger partial charge is 0.342 e.